The summed E-state index contributed by atoms with van der Waals surface area (Å²) in [7, 11) is 0. The molecule has 0 amide bonds. The molecule has 1 aromatic carbocycles. The molecule has 1 aliphatic rings. The zero-order valence-electron chi connectivity index (χ0n) is 9.05. The normalized spacial score (nSPS) is 17.9. The van der Waals surface area contributed by atoms with Crippen LogP contribution in [0.1, 0.15) is 26.3 Å². The molecule has 1 aliphatic heterocycles. The van der Waals surface area contributed by atoms with Crippen LogP contribution in [0.2, 0.25) is 0 Å². The summed E-state index contributed by atoms with van der Waals surface area (Å²) in [4.78, 5) is 0. The topological polar surface area (TPSA) is 21.3 Å². The van der Waals surface area contributed by atoms with Crippen molar-refractivity contribution in [2.24, 2.45) is 0 Å². The molecule has 2 heteroatoms. The van der Waals surface area contributed by atoms with Gasteiger partial charge in [0.2, 0.25) is 0 Å². The van der Waals surface area contributed by atoms with Gasteiger partial charge in [0.15, 0.2) is 0 Å². The van der Waals surface area contributed by atoms with Crippen LogP contribution >= 0.6 is 0 Å². The summed E-state index contributed by atoms with van der Waals surface area (Å²) in [6.45, 7) is 7.19. The van der Waals surface area contributed by atoms with E-state index in [1.807, 2.05) is 0 Å². The van der Waals surface area contributed by atoms with Crippen molar-refractivity contribution in [3.63, 3.8) is 0 Å². The van der Waals surface area contributed by atoms with Crippen molar-refractivity contribution in [1.29, 1.82) is 0 Å². The molecule has 0 radical (unpaired) electrons. The lowest BCUT2D eigenvalue weighted by atomic mass is 10.0. The summed E-state index contributed by atoms with van der Waals surface area (Å²) in [6.07, 6.45) is 1.06. The lowest BCUT2D eigenvalue weighted by molar-refractivity contribution is 0.242. The molecule has 0 spiro atoms. The van der Waals surface area contributed by atoms with E-state index in [9.17, 15) is 0 Å². The minimum atomic E-state index is 0.0410. The van der Waals surface area contributed by atoms with Crippen LogP contribution in [-0.4, -0.2) is 12.1 Å². The Bertz CT molecular complexity index is 344. The van der Waals surface area contributed by atoms with Gasteiger partial charge < -0.3 is 10.1 Å². The minimum absolute atomic E-state index is 0.0410. The average Bonchev–Trinajstić information content (AvgIpc) is 2.15. The lowest BCUT2D eigenvalue weighted by Gasteiger charge is -2.33. The Hall–Kier alpha value is -1.18. The Kier molecular flexibility index (Phi) is 2.14. The second kappa shape index (κ2) is 3.19. The van der Waals surface area contributed by atoms with E-state index < -0.39 is 0 Å². The zero-order chi connectivity index (χ0) is 10.2. The average molecular weight is 191 g/mol. The number of rotatable bonds is 1. The van der Waals surface area contributed by atoms with Gasteiger partial charge in [-0.1, -0.05) is 13.0 Å². The van der Waals surface area contributed by atoms with Gasteiger partial charge in [0.1, 0.15) is 12.4 Å². The number of aryl methyl sites for hydroxylation is 1. The summed E-state index contributed by atoms with van der Waals surface area (Å²) >= 11 is 0. The maximum Gasteiger partial charge on any atom is 0.142 e. The van der Waals surface area contributed by atoms with Gasteiger partial charge in [-0.05, 0) is 38.0 Å². The Morgan fingerprint density at radius 1 is 1.43 bits per heavy atom. The highest BCUT2D eigenvalue weighted by molar-refractivity contribution is 5.60. The van der Waals surface area contributed by atoms with Gasteiger partial charge in [-0.25, -0.2) is 0 Å². The zero-order valence-corrected chi connectivity index (χ0v) is 9.05. The Morgan fingerprint density at radius 3 is 2.93 bits per heavy atom. The molecule has 0 aliphatic carbocycles. The molecule has 1 aromatic rings. The molecule has 0 atom stereocenters. The lowest BCUT2D eigenvalue weighted by Crippen LogP contribution is -2.40. The van der Waals surface area contributed by atoms with Gasteiger partial charge in [-0.3, -0.25) is 0 Å². The quantitative estimate of drug-likeness (QED) is 0.737. The Morgan fingerprint density at radius 2 is 2.21 bits per heavy atom. The second-order valence-electron chi connectivity index (χ2n) is 4.48. The van der Waals surface area contributed by atoms with E-state index >= 15 is 0 Å². The SMILES string of the molecule is CCc1ccc2c(c1)NC(C)(C)CO2. The molecular weight excluding hydrogens is 174 g/mol. The van der Waals surface area contributed by atoms with E-state index in [0.29, 0.717) is 0 Å². The highest BCUT2D eigenvalue weighted by atomic mass is 16.5. The van der Waals surface area contributed by atoms with E-state index in [1.54, 1.807) is 0 Å². The summed E-state index contributed by atoms with van der Waals surface area (Å²) < 4.78 is 5.68. The van der Waals surface area contributed by atoms with Crippen LogP contribution < -0.4 is 10.1 Å². The molecular formula is C12H17NO. The van der Waals surface area contributed by atoms with Gasteiger partial charge in [0.05, 0.1) is 11.2 Å². The second-order valence-corrected chi connectivity index (χ2v) is 4.48. The van der Waals surface area contributed by atoms with Crippen LogP contribution in [0.15, 0.2) is 18.2 Å². The first kappa shape index (κ1) is 9.38. The third kappa shape index (κ3) is 1.69. The van der Waals surface area contributed by atoms with Crippen LogP contribution in [-0.2, 0) is 6.42 Å². The maximum absolute atomic E-state index is 5.68. The summed E-state index contributed by atoms with van der Waals surface area (Å²) in [5.41, 5.74) is 2.51. The molecule has 0 bridgehead atoms. The number of anilines is 1. The van der Waals surface area contributed by atoms with Crippen molar-refractivity contribution in [1.82, 2.24) is 0 Å². The molecule has 0 aromatic heterocycles. The number of nitrogens with one attached hydrogen (secondary N) is 1. The fraction of sp³-hybridized carbons (Fsp3) is 0.500. The molecule has 1 N–H and O–H groups in total. The van der Waals surface area contributed by atoms with Gasteiger partial charge >= 0.3 is 0 Å². The van der Waals surface area contributed by atoms with Crippen molar-refractivity contribution in [2.75, 3.05) is 11.9 Å². The smallest absolute Gasteiger partial charge is 0.142 e. The number of ether oxygens (including phenoxy) is 1. The van der Waals surface area contributed by atoms with E-state index in [4.69, 9.17) is 4.74 Å². The van der Waals surface area contributed by atoms with Gasteiger partial charge in [0.25, 0.3) is 0 Å². The van der Waals surface area contributed by atoms with Crippen LogP contribution in [0.3, 0.4) is 0 Å². The van der Waals surface area contributed by atoms with Gasteiger partial charge in [-0.2, -0.15) is 0 Å². The van der Waals surface area contributed by atoms with Crippen LogP contribution in [0.5, 0.6) is 5.75 Å². The summed E-state index contributed by atoms with van der Waals surface area (Å²) in [5.74, 6) is 0.974. The fourth-order valence-corrected chi connectivity index (χ4v) is 1.68. The first-order valence-corrected chi connectivity index (χ1v) is 5.15. The summed E-state index contributed by atoms with van der Waals surface area (Å²) in [5, 5.41) is 3.49. The number of fused-ring (bicyclic) bond motifs is 1. The van der Waals surface area contributed by atoms with Crippen molar-refractivity contribution in [3.05, 3.63) is 23.8 Å². The monoisotopic (exact) mass is 191 g/mol. The molecule has 0 fully saturated rings. The highest BCUT2D eigenvalue weighted by Crippen LogP contribution is 2.33. The largest absolute Gasteiger partial charge is 0.489 e. The van der Waals surface area contributed by atoms with Crippen molar-refractivity contribution in [3.8, 4) is 5.75 Å². The molecule has 76 valence electrons. The Labute approximate surface area is 85.3 Å². The Balaban J connectivity index is 2.34. The molecule has 1 heterocycles. The van der Waals surface area contributed by atoms with Crippen molar-refractivity contribution < 1.29 is 4.74 Å². The van der Waals surface area contributed by atoms with Crippen LogP contribution in [0.4, 0.5) is 5.69 Å². The molecule has 2 nitrogen and oxygen atoms in total. The number of hydrogen-bond donors (Lipinski definition) is 1. The van der Waals surface area contributed by atoms with E-state index in [-0.39, 0.29) is 5.54 Å². The molecule has 0 unspecified atom stereocenters. The number of benzene rings is 1. The predicted octanol–water partition coefficient (Wildman–Crippen LogP) is 2.83. The van der Waals surface area contributed by atoms with Gasteiger partial charge in [-0.15, -0.1) is 0 Å². The molecule has 2 rings (SSSR count). The molecule has 0 saturated heterocycles. The summed E-state index contributed by atoms with van der Waals surface area (Å²) in [6, 6.07) is 6.35. The van der Waals surface area contributed by atoms with Crippen molar-refractivity contribution >= 4 is 5.69 Å². The molecule has 0 saturated carbocycles. The first-order chi connectivity index (χ1) is 6.61. The highest BCUT2D eigenvalue weighted by Gasteiger charge is 2.25. The third-order valence-corrected chi connectivity index (χ3v) is 2.51. The maximum atomic E-state index is 5.68. The van der Waals surface area contributed by atoms with E-state index in [2.05, 4.69) is 44.3 Å². The van der Waals surface area contributed by atoms with Crippen LogP contribution in [0.25, 0.3) is 0 Å². The standard InChI is InChI=1S/C12H17NO/c1-4-9-5-6-11-10(7-9)13-12(2,3)8-14-11/h5-7,13H,4,8H2,1-3H3. The van der Waals surface area contributed by atoms with E-state index in [1.165, 1.54) is 5.56 Å². The fourth-order valence-electron chi connectivity index (χ4n) is 1.68. The number of hydrogen-bond acceptors (Lipinski definition) is 2. The minimum Gasteiger partial charge on any atom is -0.489 e. The van der Waals surface area contributed by atoms with E-state index in [0.717, 1.165) is 24.5 Å². The van der Waals surface area contributed by atoms with Crippen LogP contribution in [0, 0.1) is 0 Å². The van der Waals surface area contributed by atoms with Gasteiger partial charge in [0, 0.05) is 0 Å². The first-order valence-electron chi connectivity index (χ1n) is 5.15. The predicted molar refractivity (Wildman–Crippen MR) is 59.0 cm³/mol. The molecule has 14 heavy (non-hydrogen) atoms. The third-order valence-electron chi connectivity index (χ3n) is 2.51. The van der Waals surface area contributed by atoms with Crippen molar-refractivity contribution in [2.45, 2.75) is 32.7 Å².